The van der Waals surface area contributed by atoms with Crippen LogP contribution >= 0.6 is 0 Å². The predicted octanol–water partition coefficient (Wildman–Crippen LogP) is 6.19. The molecule has 5 rings (SSSR count). The molecule has 178 valence electrons. The minimum absolute atomic E-state index is 0.527. The molecule has 5 aromatic rings. The third kappa shape index (κ3) is 5.12. The second-order valence-electron chi connectivity index (χ2n) is 9.02. The van der Waals surface area contributed by atoms with Crippen LogP contribution in [-0.2, 0) is 13.0 Å². The third-order valence-electron chi connectivity index (χ3n) is 6.36. The summed E-state index contributed by atoms with van der Waals surface area (Å²) in [7, 11) is 0. The highest BCUT2D eigenvalue weighted by molar-refractivity contribution is 5.97. The second-order valence-corrected chi connectivity index (χ2v) is 9.02. The van der Waals surface area contributed by atoms with Gasteiger partial charge in [-0.15, -0.1) is 0 Å². The maximum absolute atomic E-state index is 9.71. The Balaban J connectivity index is 1.34. The zero-order valence-electron chi connectivity index (χ0n) is 20.5. The predicted molar refractivity (Wildman–Crippen MR) is 145 cm³/mol. The highest BCUT2D eigenvalue weighted by Crippen LogP contribution is 2.33. The van der Waals surface area contributed by atoms with Crippen LogP contribution in [0.15, 0.2) is 79.4 Å². The number of imidazole rings is 1. The molecule has 0 bridgehead atoms. The van der Waals surface area contributed by atoms with E-state index in [1.165, 1.54) is 11.1 Å². The number of hydrogen-bond donors (Lipinski definition) is 3. The molecule has 2 heterocycles. The van der Waals surface area contributed by atoms with Crippen LogP contribution in [0.2, 0.25) is 0 Å². The van der Waals surface area contributed by atoms with E-state index in [0.717, 1.165) is 64.2 Å². The first kappa shape index (κ1) is 23.3. The first-order valence-corrected chi connectivity index (χ1v) is 12.1. The summed E-state index contributed by atoms with van der Waals surface area (Å²) in [6, 6.07) is 23.4. The number of fused-ring (bicyclic) bond motifs is 1. The molecule has 0 radical (unpaired) electrons. The summed E-state index contributed by atoms with van der Waals surface area (Å²) >= 11 is 0. The largest absolute Gasteiger partial charge is 0.354 e. The number of nitrogens with zero attached hydrogens (tertiary/aromatic N) is 3. The average molecular weight is 473 g/mol. The average Bonchev–Trinajstić information content (AvgIpc) is 3.42. The molecule has 0 fully saturated rings. The molecule has 0 aliphatic carbocycles. The monoisotopic (exact) mass is 472 g/mol. The molecule has 36 heavy (non-hydrogen) atoms. The molecule has 0 atom stereocenters. The fourth-order valence-electron chi connectivity index (χ4n) is 4.37. The quantitative estimate of drug-likeness (QED) is 0.234. The van der Waals surface area contributed by atoms with E-state index < -0.39 is 0 Å². The Morgan fingerprint density at radius 1 is 0.944 bits per heavy atom. The number of hydrogen-bond acceptors (Lipinski definition) is 5. The lowest BCUT2D eigenvalue weighted by Crippen LogP contribution is -2.16. The number of aryl methyl sites for hydroxylation is 2. The second kappa shape index (κ2) is 10.4. The number of H-pyrrole nitrogens is 1. The zero-order chi connectivity index (χ0) is 24.9. The van der Waals surface area contributed by atoms with Gasteiger partial charge in [0.05, 0.1) is 28.8 Å². The summed E-state index contributed by atoms with van der Waals surface area (Å²) < 4.78 is 0. The summed E-state index contributed by atoms with van der Waals surface area (Å²) in [5.74, 6) is 0. The molecular formula is C30H28N6. The van der Waals surface area contributed by atoms with E-state index in [-0.39, 0.29) is 0 Å². The Labute approximate surface area is 211 Å². The number of nitriles is 1. The van der Waals surface area contributed by atoms with Crippen LogP contribution in [0.5, 0.6) is 0 Å². The lowest BCUT2D eigenvalue weighted by atomic mass is 10.0. The molecule has 0 unspecified atom stereocenters. The third-order valence-corrected chi connectivity index (χ3v) is 6.36. The number of pyridine rings is 1. The standard InChI is InChI=1S/C30H28N6/c1-20-3-10-28(21(2)13-20)36-30-25(15-31)17-34-29-14-24(8-9-27(29)30)23-6-4-22(5-7-23)16-32-12-11-26-18-33-19-35-26/h3-10,13-14,17-19,32H,11-12,16H2,1-2H3,(H,33,35)(H,34,36). The van der Waals surface area contributed by atoms with Crippen molar-refractivity contribution in [3.8, 4) is 17.2 Å². The summed E-state index contributed by atoms with van der Waals surface area (Å²) in [5.41, 5.74) is 10.0. The number of nitrogens with one attached hydrogen (secondary N) is 3. The minimum atomic E-state index is 0.527. The molecule has 2 aromatic heterocycles. The van der Waals surface area contributed by atoms with E-state index in [0.29, 0.717) is 5.56 Å². The molecule has 0 saturated carbocycles. The maximum atomic E-state index is 9.71. The first-order chi connectivity index (χ1) is 17.6. The van der Waals surface area contributed by atoms with Gasteiger partial charge < -0.3 is 15.6 Å². The van der Waals surface area contributed by atoms with Gasteiger partial charge in [-0.2, -0.15) is 5.26 Å². The number of aromatic nitrogens is 3. The normalized spacial score (nSPS) is 10.9. The maximum Gasteiger partial charge on any atom is 0.103 e. The molecular weight excluding hydrogens is 444 g/mol. The SMILES string of the molecule is Cc1ccc(Nc2c(C#N)cnc3cc(-c4ccc(CNCCc5c[nH]cn5)cc4)ccc23)c(C)c1. The molecule has 0 aliphatic rings. The van der Waals surface area contributed by atoms with E-state index in [2.05, 4.69) is 106 Å². The molecule has 6 nitrogen and oxygen atoms in total. The number of rotatable bonds is 8. The topological polar surface area (TPSA) is 89.4 Å². The van der Waals surface area contributed by atoms with Gasteiger partial charge in [-0.1, -0.05) is 54.1 Å². The van der Waals surface area contributed by atoms with Gasteiger partial charge in [0.2, 0.25) is 0 Å². The van der Waals surface area contributed by atoms with Gasteiger partial charge in [0.25, 0.3) is 0 Å². The van der Waals surface area contributed by atoms with Crippen LogP contribution in [0.25, 0.3) is 22.0 Å². The van der Waals surface area contributed by atoms with Crippen molar-refractivity contribution in [1.82, 2.24) is 20.3 Å². The summed E-state index contributed by atoms with van der Waals surface area (Å²) in [6.07, 6.45) is 6.19. The van der Waals surface area contributed by atoms with Gasteiger partial charge in [0.1, 0.15) is 6.07 Å². The molecule has 6 heteroatoms. The highest BCUT2D eigenvalue weighted by atomic mass is 14.9. The molecule has 3 N–H and O–H groups in total. The van der Waals surface area contributed by atoms with Crippen LogP contribution in [0.1, 0.15) is 27.9 Å². The highest BCUT2D eigenvalue weighted by Gasteiger charge is 2.12. The summed E-state index contributed by atoms with van der Waals surface area (Å²) in [4.78, 5) is 11.8. The van der Waals surface area contributed by atoms with Crippen molar-refractivity contribution in [1.29, 1.82) is 5.26 Å². The van der Waals surface area contributed by atoms with Gasteiger partial charge in [-0.25, -0.2) is 4.98 Å². The van der Waals surface area contributed by atoms with Gasteiger partial charge >= 0.3 is 0 Å². The van der Waals surface area contributed by atoms with E-state index in [4.69, 9.17) is 0 Å². The lowest BCUT2D eigenvalue weighted by Gasteiger charge is -2.14. The van der Waals surface area contributed by atoms with Gasteiger partial charge in [-0.3, -0.25) is 4.98 Å². The van der Waals surface area contributed by atoms with Crippen molar-refractivity contribution < 1.29 is 0 Å². The summed E-state index contributed by atoms with van der Waals surface area (Å²) in [5, 5.41) is 17.6. The van der Waals surface area contributed by atoms with Crippen molar-refractivity contribution in [2.45, 2.75) is 26.8 Å². The van der Waals surface area contributed by atoms with Crippen molar-refractivity contribution in [2.24, 2.45) is 0 Å². The van der Waals surface area contributed by atoms with Crippen molar-refractivity contribution in [3.63, 3.8) is 0 Å². The van der Waals surface area contributed by atoms with Crippen LogP contribution in [0.3, 0.4) is 0 Å². The van der Waals surface area contributed by atoms with E-state index in [9.17, 15) is 5.26 Å². The fourth-order valence-corrected chi connectivity index (χ4v) is 4.37. The number of benzene rings is 3. The summed E-state index contributed by atoms with van der Waals surface area (Å²) in [6.45, 7) is 5.84. The Morgan fingerprint density at radius 2 is 1.78 bits per heavy atom. The van der Waals surface area contributed by atoms with Crippen molar-refractivity contribution in [3.05, 3.63) is 107 Å². The minimum Gasteiger partial charge on any atom is -0.354 e. The molecule has 0 spiro atoms. The Hall–Kier alpha value is -4.47. The van der Waals surface area contributed by atoms with E-state index in [1.807, 2.05) is 6.20 Å². The zero-order valence-corrected chi connectivity index (χ0v) is 20.5. The Bertz CT molecular complexity index is 1530. The smallest absolute Gasteiger partial charge is 0.103 e. The van der Waals surface area contributed by atoms with Crippen LogP contribution in [0.4, 0.5) is 11.4 Å². The number of aromatic amines is 1. The first-order valence-electron chi connectivity index (χ1n) is 12.1. The van der Waals surface area contributed by atoms with Crippen LogP contribution in [0, 0.1) is 25.2 Å². The van der Waals surface area contributed by atoms with Gasteiger partial charge in [-0.05, 0) is 48.2 Å². The van der Waals surface area contributed by atoms with Crippen LogP contribution in [-0.4, -0.2) is 21.5 Å². The van der Waals surface area contributed by atoms with E-state index >= 15 is 0 Å². The lowest BCUT2D eigenvalue weighted by molar-refractivity contribution is 0.681. The number of anilines is 2. The molecule has 0 amide bonds. The fraction of sp³-hybridized carbons (Fsp3) is 0.167. The molecule has 0 aliphatic heterocycles. The van der Waals surface area contributed by atoms with Crippen LogP contribution < -0.4 is 10.6 Å². The van der Waals surface area contributed by atoms with Crippen molar-refractivity contribution in [2.75, 3.05) is 11.9 Å². The van der Waals surface area contributed by atoms with E-state index in [1.54, 1.807) is 12.5 Å². The van der Waals surface area contributed by atoms with Crippen molar-refractivity contribution >= 4 is 22.3 Å². The Kier molecular flexibility index (Phi) is 6.74. The molecule has 0 saturated heterocycles. The van der Waals surface area contributed by atoms with Gasteiger partial charge in [0.15, 0.2) is 0 Å². The molecule has 3 aromatic carbocycles. The van der Waals surface area contributed by atoms with Gasteiger partial charge in [0, 0.05) is 43.0 Å². The Morgan fingerprint density at radius 3 is 2.53 bits per heavy atom.